The molecule has 2 aromatic rings. The van der Waals surface area contributed by atoms with Crippen molar-refractivity contribution in [1.82, 2.24) is 15.0 Å². The van der Waals surface area contributed by atoms with E-state index in [0.29, 0.717) is 25.5 Å². The Morgan fingerprint density at radius 3 is 2.91 bits per heavy atom. The van der Waals surface area contributed by atoms with Crippen molar-refractivity contribution in [3.05, 3.63) is 47.1 Å². The summed E-state index contributed by atoms with van der Waals surface area (Å²) < 4.78 is 11.0. The molecule has 122 valence electrons. The molecule has 6 heteroatoms. The lowest BCUT2D eigenvalue weighted by molar-refractivity contribution is -0.0240. The third kappa shape index (κ3) is 3.42. The number of hydrogen-bond donors (Lipinski definition) is 0. The van der Waals surface area contributed by atoms with E-state index in [9.17, 15) is 4.79 Å². The molecule has 1 atom stereocenters. The third-order valence-corrected chi connectivity index (χ3v) is 3.98. The first-order chi connectivity index (χ1) is 11.0. The average molecular weight is 315 g/mol. The van der Waals surface area contributed by atoms with Gasteiger partial charge in [-0.3, -0.25) is 9.78 Å². The van der Waals surface area contributed by atoms with E-state index in [1.165, 1.54) is 0 Å². The van der Waals surface area contributed by atoms with Crippen molar-refractivity contribution in [3.8, 4) is 0 Å². The van der Waals surface area contributed by atoms with Gasteiger partial charge in [-0.25, -0.2) is 0 Å². The van der Waals surface area contributed by atoms with Crippen LogP contribution in [0.1, 0.15) is 53.4 Å². The molecule has 0 radical (unpaired) electrons. The molecule has 0 N–H and O–H groups in total. The highest BCUT2D eigenvalue weighted by atomic mass is 16.5. The molecule has 0 spiro atoms. The van der Waals surface area contributed by atoms with E-state index in [2.05, 4.69) is 10.1 Å². The fourth-order valence-corrected chi connectivity index (χ4v) is 2.62. The molecule has 6 nitrogen and oxygen atoms in total. The highest BCUT2D eigenvalue weighted by Crippen LogP contribution is 2.24. The van der Waals surface area contributed by atoms with Crippen LogP contribution in [0.25, 0.3) is 0 Å². The highest BCUT2D eigenvalue weighted by molar-refractivity contribution is 5.91. The molecule has 0 saturated carbocycles. The predicted octanol–water partition coefficient (Wildman–Crippen LogP) is 2.72. The molecule has 1 saturated heterocycles. The fourth-order valence-electron chi connectivity index (χ4n) is 2.62. The normalized spacial score (nSPS) is 18.4. The van der Waals surface area contributed by atoms with Crippen LogP contribution < -0.4 is 0 Å². The third-order valence-electron chi connectivity index (χ3n) is 3.98. The van der Waals surface area contributed by atoms with Crippen LogP contribution in [0.4, 0.5) is 0 Å². The lowest BCUT2D eigenvalue weighted by Gasteiger charge is -2.32. The summed E-state index contributed by atoms with van der Waals surface area (Å²) in [5.41, 5.74) is 2.77. The van der Waals surface area contributed by atoms with Crippen LogP contribution in [-0.2, 0) is 4.74 Å². The minimum Gasteiger partial charge on any atom is -0.370 e. The number of morpholine rings is 1. The molecule has 3 heterocycles. The summed E-state index contributed by atoms with van der Waals surface area (Å²) >= 11 is 0. The second-order valence-corrected chi connectivity index (χ2v) is 6.11. The van der Waals surface area contributed by atoms with Gasteiger partial charge in [0.25, 0.3) is 5.91 Å². The Labute approximate surface area is 135 Å². The molecular formula is C17H21N3O3. The van der Waals surface area contributed by atoms with Gasteiger partial charge in [-0.05, 0) is 30.5 Å². The number of carbonyl (C=O) groups excluding carboxylic acids is 1. The van der Waals surface area contributed by atoms with Crippen LogP contribution in [0.15, 0.2) is 28.9 Å². The summed E-state index contributed by atoms with van der Waals surface area (Å²) in [7, 11) is 0. The first kappa shape index (κ1) is 15.7. The monoisotopic (exact) mass is 315 g/mol. The van der Waals surface area contributed by atoms with E-state index in [4.69, 9.17) is 9.26 Å². The van der Waals surface area contributed by atoms with E-state index in [1.807, 2.05) is 32.9 Å². The number of rotatable bonds is 3. The lowest BCUT2D eigenvalue weighted by Crippen LogP contribution is -2.42. The van der Waals surface area contributed by atoms with Gasteiger partial charge in [0, 0.05) is 24.5 Å². The molecule has 3 rings (SSSR count). The summed E-state index contributed by atoms with van der Waals surface area (Å²) in [6.45, 7) is 7.53. The van der Waals surface area contributed by atoms with Gasteiger partial charge in [0.1, 0.15) is 6.10 Å². The Balaban J connectivity index is 1.73. The zero-order valence-electron chi connectivity index (χ0n) is 13.7. The number of ether oxygens (including phenoxy) is 1. The molecule has 1 fully saturated rings. The molecule has 2 aromatic heterocycles. The van der Waals surface area contributed by atoms with Crippen LogP contribution in [0.2, 0.25) is 0 Å². The van der Waals surface area contributed by atoms with Gasteiger partial charge in [-0.2, -0.15) is 0 Å². The number of carbonyl (C=O) groups is 1. The van der Waals surface area contributed by atoms with Crippen molar-refractivity contribution in [1.29, 1.82) is 0 Å². The summed E-state index contributed by atoms with van der Waals surface area (Å²) in [6, 6.07) is 5.65. The SMILES string of the molecule is Cc1cc([C@@H]2CN(C(=O)c3cc(C(C)C)no3)CCO2)ccn1. The Kier molecular flexibility index (Phi) is 4.43. The second-order valence-electron chi connectivity index (χ2n) is 6.11. The van der Waals surface area contributed by atoms with Crippen molar-refractivity contribution in [2.45, 2.75) is 32.8 Å². The van der Waals surface area contributed by atoms with Gasteiger partial charge < -0.3 is 14.2 Å². The van der Waals surface area contributed by atoms with E-state index >= 15 is 0 Å². The molecule has 23 heavy (non-hydrogen) atoms. The molecular weight excluding hydrogens is 294 g/mol. The molecule has 0 unspecified atom stereocenters. The average Bonchev–Trinajstić information content (AvgIpc) is 3.04. The summed E-state index contributed by atoms with van der Waals surface area (Å²) in [6.07, 6.45) is 1.63. The standard InChI is InChI=1S/C17H21N3O3/c1-11(2)14-9-15(23-19-14)17(21)20-6-7-22-16(10-20)13-4-5-18-12(3)8-13/h4-5,8-9,11,16H,6-7,10H2,1-3H3/t16-/m0/s1. The van der Waals surface area contributed by atoms with Gasteiger partial charge >= 0.3 is 0 Å². The largest absolute Gasteiger partial charge is 0.370 e. The van der Waals surface area contributed by atoms with E-state index < -0.39 is 0 Å². The maximum Gasteiger partial charge on any atom is 0.292 e. The minimum atomic E-state index is -0.137. The van der Waals surface area contributed by atoms with Crippen LogP contribution >= 0.6 is 0 Å². The lowest BCUT2D eigenvalue weighted by atomic mass is 10.1. The Morgan fingerprint density at radius 1 is 1.39 bits per heavy atom. The summed E-state index contributed by atoms with van der Waals surface area (Å²) in [5, 5.41) is 3.96. The molecule has 1 amide bonds. The highest BCUT2D eigenvalue weighted by Gasteiger charge is 2.28. The maximum absolute atomic E-state index is 12.6. The quantitative estimate of drug-likeness (QED) is 0.871. The number of hydrogen-bond acceptors (Lipinski definition) is 5. The minimum absolute atomic E-state index is 0.136. The Morgan fingerprint density at radius 2 is 2.22 bits per heavy atom. The first-order valence-corrected chi connectivity index (χ1v) is 7.84. The van der Waals surface area contributed by atoms with E-state index in [-0.39, 0.29) is 17.9 Å². The Bertz CT molecular complexity index is 696. The number of aromatic nitrogens is 2. The van der Waals surface area contributed by atoms with Gasteiger partial charge in [-0.15, -0.1) is 0 Å². The molecule has 1 aliphatic rings. The van der Waals surface area contributed by atoms with E-state index in [0.717, 1.165) is 17.0 Å². The topological polar surface area (TPSA) is 68.5 Å². The van der Waals surface area contributed by atoms with Gasteiger partial charge in [0.2, 0.25) is 5.76 Å². The van der Waals surface area contributed by atoms with Crippen molar-refractivity contribution >= 4 is 5.91 Å². The van der Waals surface area contributed by atoms with Crippen LogP contribution in [0.5, 0.6) is 0 Å². The van der Waals surface area contributed by atoms with Crippen molar-refractivity contribution in [2.75, 3.05) is 19.7 Å². The zero-order chi connectivity index (χ0) is 16.4. The van der Waals surface area contributed by atoms with Crippen LogP contribution in [-0.4, -0.2) is 40.6 Å². The van der Waals surface area contributed by atoms with Gasteiger partial charge in [-0.1, -0.05) is 19.0 Å². The van der Waals surface area contributed by atoms with Crippen LogP contribution in [0, 0.1) is 6.92 Å². The molecule has 1 aliphatic heterocycles. The van der Waals surface area contributed by atoms with Crippen molar-refractivity contribution in [3.63, 3.8) is 0 Å². The fraction of sp³-hybridized carbons (Fsp3) is 0.471. The maximum atomic E-state index is 12.6. The van der Waals surface area contributed by atoms with E-state index in [1.54, 1.807) is 17.2 Å². The smallest absolute Gasteiger partial charge is 0.292 e. The zero-order valence-corrected chi connectivity index (χ0v) is 13.7. The number of pyridine rings is 1. The molecule has 0 aliphatic carbocycles. The van der Waals surface area contributed by atoms with Gasteiger partial charge in [0.15, 0.2) is 0 Å². The van der Waals surface area contributed by atoms with Gasteiger partial charge in [0.05, 0.1) is 18.8 Å². The number of nitrogens with zero attached hydrogens (tertiary/aromatic N) is 3. The first-order valence-electron chi connectivity index (χ1n) is 7.84. The summed E-state index contributed by atoms with van der Waals surface area (Å²) in [5.74, 6) is 0.390. The predicted molar refractivity (Wildman–Crippen MR) is 84.2 cm³/mol. The number of amides is 1. The number of aryl methyl sites for hydroxylation is 1. The van der Waals surface area contributed by atoms with Crippen molar-refractivity contribution < 1.29 is 14.1 Å². The van der Waals surface area contributed by atoms with Crippen molar-refractivity contribution in [2.24, 2.45) is 0 Å². The summed E-state index contributed by atoms with van der Waals surface area (Å²) in [4.78, 5) is 18.6. The molecule has 0 aromatic carbocycles. The molecule has 0 bridgehead atoms. The van der Waals surface area contributed by atoms with Crippen LogP contribution in [0.3, 0.4) is 0 Å². The Hall–Kier alpha value is -2.21. The second kappa shape index (κ2) is 6.50.